The summed E-state index contributed by atoms with van der Waals surface area (Å²) < 4.78 is 46.0. The van der Waals surface area contributed by atoms with E-state index in [2.05, 4.69) is 12.0 Å². The van der Waals surface area contributed by atoms with Gasteiger partial charge in [-0.2, -0.15) is 0 Å². The predicted molar refractivity (Wildman–Crippen MR) is 86.5 cm³/mol. The first-order valence-corrected chi connectivity index (χ1v) is 7.75. The van der Waals surface area contributed by atoms with Crippen molar-refractivity contribution in [1.82, 2.24) is 5.10 Å². The first-order valence-electron chi connectivity index (χ1n) is 6.94. The number of aromatic nitrogens is 2. The molecular formula is C14H17BF4N2O2S. The summed E-state index contributed by atoms with van der Waals surface area (Å²) in [5.41, 5.74) is 0.923. The van der Waals surface area contributed by atoms with Crippen molar-refractivity contribution in [1.29, 1.82) is 0 Å². The zero-order chi connectivity index (χ0) is 18.3. The van der Waals surface area contributed by atoms with E-state index in [1.54, 1.807) is 23.5 Å². The Kier molecular flexibility index (Phi) is 7.21. The third kappa shape index (κ3) is 6.99. The second kappa shape index (κ2) is 8.67. The summed E-state index contributed by atoms with van der Waals surface area (Å²) in [6.07, 6.45) is 3.97. The van der Waals surface area contributed by atoms with E-state index in [1.807, 2.05) is 29.8 Å². The standard InChI is InChI=1S/C14H16N2O2S.BF4/c1-4-16-14(19-10(2)15-16)8-6-11-5-7-13(18-3)12(17)9-11;2-1(3,4)5/h5-9H,4H2,1-3H3;/q;-1/p+1. The molecule has 0 aliphatic rings. The van der Waals surface area contributed by atoms with Crippen LogP contribution in [0, 0.1) is 6.92 Å². The Hall–Kier alpha value is -2.10. The van der Waals surface area contributed by atoms with E-state index in [-0.39, 0.29) is 5.75 Å². The maximum absolute atomic E-state index is 9.75. The Morgan fingerprint density at radius 3 is 2.42 bits per heavy atom. The molecule has 0 fully saturated rings. The Morgan fingerprint density at radius 1 is 1.29 bits per heavy atom. The Balaban J connectivity index is 0.000000505. The molecule has 1 aromatic carbocycles. The third-order valence-electron chi connectivity index (χ3n) is 2.69. The van der Waals surface area contributed by atoms with Crippen LogP contribution in [-0.2, 0) is 6.54 Å². The molecule has 0 bridgehead atoms. The number of rotatable bonds is 4. The number of hydrogen-bond acceptors (Lipinski definition) is 4. The number of nitrogens with zero attached hydrogens (tertiary/aromatic N) is 2. The van der Waals surface area contributed by atoms with Crippen LogP contribution in [0.1, 0.15) is 22.5 Å². The van der Waals surface area contributed by atoms with Gasteiger partial charge in [0, 0.05) is 11.2 Å². The average molecular weight is 364 g/mol. The molecule has 0 unspecified atom stereocenters. The van der Waals surface area contributed by atoms with Crippen molar-refractivity contribution in [3.8, 4) is 11.5 Å². The van der Waals surface area contributed by atoms with Crippen LogP contribution in [0.2, 0.25) is 0 Å². The summed E-state index contributed by atoms with van der Waals surface area (Å²) >= 11 is 1.65. The monoisotopic (exact) mass is 364 g/mol. The first kappa shape index (κ1) is 20.0. The van der Waals surface area contributed by atoms with E-state index < -0.39 is 7.25 Å². The van der Waals surface area contributed by atoms with Crippen molar-refractivity contribution in [3.05, 3.63) is 33.8 Å². The average Bonchev–Trinajstić information content (AvgIpc) is 2.83. The summed E-state index contributed by atoms with van der Waals surface area (Å²) in [7, 11) is -4.46. The number of methoxy groups -OCH3 is 1. The maximum atomic E-state index is 9.75. The molecule has 2 rings (SSSR count). The summed E-state index contributed by atoms with van der Waals surface area (Å²) in [4.78, 5) is 0. The molecule has 1 heterocycles. The molecule has 2 aromatic rings. The van der Waals surface area contributed by atoms with Gasteiger partial charge in [0.2, 0.25) is 0 Å². The fourth-order valence-electron chi connectivity index (χ4n) is 1.77. The molecule has 0 saturated heterocycles. The number of phenolic OH excluding ortho intramolecular Hbond substituents is 1. The highest BCUT2D eigenvalue weighted by atomic mass is 32.1. The minimum absolute atomic E-state index is 0.147. The molecule has 24 heavy (non-hydrogen) atoms. The van der Waals surface area contributed by atoms with Gasteiger partial charge in [0.15, 0.2) is 23.1 Å². The quantitative estimate of drug-likeness (QED) is 0.508. The van der Waals surface area contributed by atoms with E-state index in [1.165, 1.54) is 7.11 Å². The molecule has 0 radical (unpaired) electrons. The lowest BCUT2D eigenvalue weighted by Crippen LogP contribution is -2.36. The Labute approximate surface area is 141 Å². The van der Waals surface area contributed by atoms with Crippen LogP contribution in [0.4, 0.5) is 17.3 Å². The number of ether oxygens (including phenoxy) is 1. The molecule has 132 valence electrons. The number of benzene rings is 1. The Bertz CT molecular complexity index is 699. The second-order valence-electron chi connectivity index (χ2n) is 4.53. The first-order chi connectivity index (χ1) is 11.1. The number of aryl methyl sites for hydroxylation is 2. The minimum atomic E-state index is -6.00. The highest BCUT2D eigenvalue weighted by Gasteiger charge is 2.20. The number of aromatic hydroxyl groups is 1. The van der Waals surface area contributed by atoms with Crippen LogP contribution in [-0.4, -0.2) is 24.6 Å². The van der Waals surface area contributed by atoms with E-state index in [4.69, 9.17) is 4.74 Å². The molecule has 1 N–H and O–H groups in total. The maximum Gasteiger partial charge on any atom is 0.673 e. The van der Waals surface area contributed by atoms with Crippen molar-refractivity contribution in [2.45, 2.75) is 20.4 Å². The number of halogens is 4. The molecule has 0 aliphatic carbocycles. The van der Waals surface area contributed by atoms with Gasteiger partial charge in [-0.1, -0.05) is 10.7 Å². The van der Waals surface area contributed by atoms with Crippen LogP contribution >= 0.6 is 11.3 Å². The number of hydrogen-bond donors (Lipinski definition) is 1. The zero-order valence-corrected chi connectivity index (χ0v) is 14.2. The minimum Gasteiger partial charge on any atom is -0.504 e. The van der Waals surface area contributed by atoms with Crippen molar-refractivity contribution in [3.63, 3.8) is 0 Å². The largest absolute Gasteiger partial charge is 0.673 e. The van der Waals surface area contributed by atoms with Crippen molar-refractivity contribution in [2.75, 3.05) is 7.11 Å². The molecule has 0 atom stereocenters. The zero-order valence-electron chi connectivity index (χ0n) is 13.3. The van der Waals surface area contributed by atoms with Gasteiger partial charge in [0.25, 0.3) is 5.01 Å². The summed E-state index contributed by atoms with van der Waals surface area (Å²) in [5.74, 6) is 0.628. The Morgan fingerprint density at radius 2 is 1.92 bits per heavy atom. The summed E-state index contributed by atoms with van der Waals surface area (Å²) in [6, 6.07) is 5.33. The van der Waals surface area contributed by atoms with Gasteiger partial charge in [0.05, 0.1) is 7.11 Å². The molecule has 10 heteroatoms. The predicted octanol–water partition coefficient (Wildman–Crippen LogP) is 3.94. The van der Waals surface area contributed by atoms with Gasteiger partial charge in [-0.05, 0) is 49.0 Å². The highest BCUT2D eigenvalue weighted by molar-refractivity contribution is 7.11. The summed E-state index contributed by atoms with van der Waals surface area (Å²) in [5, 5.41) is 16.3. The van der Waals surface area contributed by atoms with Crippen LogP contribution in [0.3, 0.4) is 0 Å². The van der Waals surface area contributed by atoms with Crippen LogP contribution in [0.25, 0.3) is 12.2 Å². The normalized spacial score (nSPS) is 11.3. The molecule has 4 nitrogen and oxygen atoms in total. The van der Waals surface area contributed by atoms with Gasteiger partial charge < -0.3 is 27.1 Å². The van der Waals surface area contributed by atoms with E-state index in [0.29, 0.717) is 5.75 Å². The third-order valence-corrected chi connectivity index (χ3v) is 3.62. The molecule has 0 saturated carbocycles. The number of phenols is 1. The van der Waals surface area contributed by atoms with Crippen molar-refractivity contribution >= 4 is 30.7 Å². The lowest BCUT2D eigenvalue weighted by molar-refractivity contribution is -0.747. The summed E-state index contributed by atoms with van der Waals surface area (Å²) in [6.45, 7) is 4.90. The van der Waals surface area contributed by atoms with E-state index >= 15 is 0 Å². The fraction of sp³-hybridized carbons (Fsp3) is 0.286. The van der Waals surface area contributed by atoms with Gasteiger partial charge >= 0.3 is 7.25 Å². The highest BCUT2D eigenvalue weighted by Crippen LogP contribution is 2.27. The van der Waals surface area contributed by atoms with E-state index in [9.17, 15) is 22.4 Å². The SMILES string of the molecule is CC[n+]1nc(C)sc1C=Cc1ccc(OC)c(O)c1.F[B-](F)(F)F. The molecule has 0 spiro atoms. The molecule has 0 amide bonds. The topological polar surface area (TPSA) is 46.2 Å². The second-order valence-corrected chi connectivity index (χ2v) is 5.75. The fourth-order valence-corrected chi connectivity index (χ4v) is 2.62. The van der Waals surface area contributed by atoms with Gasteiger partial charge in [0.1, 0.15) is 0 Å². The van der Waals surface area contributed by atoms with Crippen LogP contribution < -0.4 is 9.42 Å². The van der Waals surface area contributed by atoms with Crippen LogP contribution in [0.15, 0.2) is 18.2 Å². The smallest absolute Gasteiger partial charge is 0.504 e. The van der Waals surface area contributed by atoms with Crippen molar-refractivity contribution < 1.29 is 31.8 Å². The lowest BCUT2D eigenvalue weighted by atomic mass is 10.2. The van der Waals surface area contributed by atoms with Crippen molar-refractivity contribution in [2.24, 2.45) is 0 Å². The van der Waals surface area contributed by atoms with Crippen LogP contribution in [0.5, 0.6) is 11.5 Å². The molecule has 1 aromatic heterocycles. The van der Waals surface area contributed by atoms with Gasteiger partial charge in [-0.15, -0.1) is 0 Å². The van der Waals surface area contributed by atoms with Gasteiger partial charge in [-0.3, -0.25) is 0 Å². The molecular weight excluding hydrogens is 347 g/mol. The van der Waals surface area contributed by atoms with E-state index in [0.717, 1.165) is 22.1 Å². The molecule has 0 aliphatic heterocycles. The van der Waals surface area contributed by atoms with Gasteiger partial charge in [-0.25, -0.2) is 0 Å². The lowest BCUT2D eigenvalue weighted by Gasteiger charge is -2.02.